The van der Waals surface area contributed by atoms with Crippen LogP contribution in [-0.4, -0.2) is 239 Å². The molecule has 108 heavy (non-hydrogen) atoms. The zero-order valence-electron chi connectivity index (χ0n) is 67.4. The molecule has 0 radical (unpaired) electrons. The first-order chi connectivity index (χ1) is 51.8. The lowest BCUT2D eigenvalue weighted by molar-refractivity contribution is -0.150. The van der Waals surface area contributed by atoms with Crippen molar-refractivity contribution in [2.45, 2.75) is 190 Å². The number of rotatable bonds is 60. The van der Waals surface area contributed by atoms with Gasteiger partial charge in [-0.25, -0.2) is 0 Å². The second-order valence-electron chi connectivity index (χ2n) is 28.9. The van der Waals surface area contributed by atoms with Crippen LogP contribution < -0.4 is 31.9 Å². The van der Waals surface area contributed by atoms with E-state index in [2.05, 4.69) is 45.4 Å². The van der Waals surface area contributed by atoms with E-state index in [-0.39, 0.29) is 104 Å². The monoisotopic (exact) mass is 1520 g/mol. The average Bonchev–Trinajstić information content (AvgIpc) is 1.56. The first-order valence-electron chi connectivity index (χ1n) is 39.1. The van der Waals surface area contributed by atoms with Gasteiger partial charge in [0.2, 0.25) is 47.3 Å². The van der Waals surface area contributed by atoms with Gasteiger partial charge in [-0.3, -0.25) is 43.2 Å². The van der Waals surface area contributed by atoms with E-state index in [4.69, 9.17) is 47.4 Å². The number of carbonyl (C=O) groups is 9. The minimum atomic E-state index is -0.986. The van der Waals surface area contributed by atoms with E-state index < -0.39 is 65.7 Å². The highest BCUT2D eigenvalue weighted by Gasteiger charge is 2.41. The maximum absolute atomic E-state index is 14.6. The zero-order valence-corrected chi connectivity index (χ0v) is 67.4. The number of methoxy groups -OCH3 is 2. The molecule has 0 bridgehead atoms. The molecule has 1 fully saturated rings. The molecule has 612 valence electrons. The van der Waals surface area contributed by atoms with Crippen molar-refractivity contribution in [1.29, 1.82) is 0 Å². The Kier molecular flexibility index (Phi) is 48.9. The van der Waals surface area contributed by atoms with E-state index in [1.807, 2.05) is 76.8 Å². The third kappa shape index (κ3) is 37.2. The normalized spacial score (nSPS) is 15.8. The van der Waals surface area contributed by atoms with Crippen LogP contribution in [0.15, 0.2) is 67.3 Å². The average molecular weight is 1520 g/mol. The quantitative estimate of drug-likeness (QED) is 0.0210. The smallest absolute Gasteiger partial charge is 0.309 e. The summed E-state index contributed by atoms with van der Waals surface area (Å²) in [5.41, 5.74) is 2.20. The lowest BCUT2D eigenvalue weighted by Crippen LogP contribution is -2.55. The lowest BCUT2D eigenvalue weighted by Gasteiger charge is -2.37. The fraction of sp³-hybridized carbons (Fsp3) is 0.716. The van der Waals surface area contributed by atoms with Gasteiger partial charge in [-0.2, -0.15) is 0 Å². The van der Waals surface area contributed by atoms with E-state index in [0.29, 0.717) is 162 Å². The first-order valence-corrected chi connectivity index (χ1v) is 39.1. The molecule has 8 amide bonds. The largest absolute Gasteiger partial charge is 0.461 e. The fourth-order valence-corrected chi connectivity index (χ4v) is 12.6. The summed E-state index contributed by atoms with van der Waals surface area (Å²) in [4.78, 5) is 126. The highest BCUT2D eigenvalue weighted by Crippen LogP contribution is 2.30. The molecule has 0 aliphatic carbocycles. The summed E-state index contributed by atoms with van der Waals surface area (Å²) in [7, 11) is 4.96. The molecular weight excluding hydrogens is 1390 g/mol. The Morgan fingerprint density at radius 2 is 1.14 bits per heavy atom. The highest BCUT2D eigenvalue weighted by molar-refractivity contribution is 5.98. The molecule has 1 saturated heterocycles. The van der Waals surface area contributed by atoms with Crippen molar-refractivity contribution >= 4 is 58.9 Å². The molecule has 0 spiro atoms. The maximum Gasteiger partial charge on any atom is 0.309 e. The summed E-state index contributed by atoms with van der Waals surface area (Å²) in [5, 5.41) is 17.3. The number of unbranched alkanes of at least 4 members (excludes halogenated alkanes) is 1. The third-order valence-electron chi connectivity index (χ3n) is 19.5. The Balaban J connectivity index is 1.36. The van der Waals surface area contributed by atoms with Gasteiger partial charge in [-0.05, 0) is 98.8 Å². The SMILES string of the molecule is C=C[C@@H](CCCCNC(=O)CCOCCOCCOCCOCCOCCOCCOCCOC)C(=O)NC(C(=O)NC(C)C(=O)Nc1ccc(COC(=O)C(C)C[C@H](C(=O)N[C@H](C(=O)N(C)[C@H](CCC(=O)N2CCC[C@H]2[C@H](OC)[C@@H](C)C(=O)NCCc2ccccc2)[C@@H](C)CC)C(C)C)C(C)C)cc1)C(C)C. The molecule has 1 aliphatic heterocycles. The summed E-state index contributed by atoms with van der Waals surface area (Å²) in [6.07, 6.45) is 6.59. The predicted molar refractivity (Wildman–Crippen MR) is 414 cm³/mol. The van der Waals surface area contributed by atoms with E-state index in [0.717, 1.165) is 18.4 Å². The molecule has 0 saturated carbocycles. The Bertz CT molecular complexity index is 2910. The van der Waals surface area contributed by atoms with Crippen LogP contribution >= 0.6 is 0 Å². The van der Waals surface area contributed by atoms with Crippen LogP contribution in [0.25, 0.3) is 0 Å². The van der Waals surface area contributed by atoms with Gasteiger partial charge in [0.1, 0.15) is 24.7 Å². The zero-order chi connectivity index (χ0) is 79.8. The van der Waals surface area contributed by atoms with E-state index >= 15 is 0 Å². The Morgan fingerprint density at radius 1 is 0.583 bits per heavy atom. The molecule has 27 nitrogen and oxygen atoms in total. The summed E-state index contributed by atoms with van der Waals surface area (Å²) in [6, 6.07) is 13.2. The molecule has 11 atom stereocenters. The lowest BCUT2D eigenvalue weighted by atomic mass is 9.85. The number of benzene rings is 2. The van der Waals surface area contributed by atoms with E-state index in [9.17, 15) is 43.2 Å². The van der Waals surface area contributed by atoms with Crippen LogP contribution in [0, 0.1) is 47.3 Å². The van der Waals surface area contributed by atoms with Gasteiger partial charge in [0.15, 0.2) is 0 Å². The fourth-order valence-electron chi connectivity index (χ4n) is 12.6. The van der Waals surface area contributed by atoms with Gasteiger partial charge in [-0.15, -0.1) is 6.58 Å². The Labute approximate surface area is 643 Å². The van der Waals surface area contributed by atoms with Crippen molar-refractivity contribution in [2.75, 3.05) is 145 Å². The van der Waals surface area contributed by atoms with Crippen LogP contribution in [0.3, 0.4) is 0 Å². The summed E-state index contributed by atoms with van der Waals surface area (Å²) in [5.74, 6) is -6.07. The number of hydrogen-bond acceptors (Lipinski definition) is 19. The molecule has 2 aromatic carbocycles. The second kappa shape index (κ2) is 55.4. The van der Waals surface area contributed by atoms with E-state index in [1.165, 1.54) is 13.0 Å². The maximum atomic E-state index is 14.6. The van der Waals surface area contributed by atoms with Crippen molar-refractivity contribution in [3.05, 3.63) is 78.4 Å². The number of carbonyl (C=O) groups excluding carboxylic acids is 9. The minimum Gasteiger partial charge on any atom is -0.461 e. The number of hydrogen-bond donors (Lipinski definition) is 6. The van der Waals surface area contributed by atoms with Gasteiger partial charge in [0, 0.05) is 71.4 Å². The number of anilines is 1. The van der Waals surface area contributed by atoms with Gasteiger partial charge < -0.3 is 89.1 Å². The van der Waals surface area contributed by atoms with Crippen molar-refractivity contribution in [1.82, 2.24) is 36.4 Å². The Hall–Kier alpha value is -6.95. The molecule has 2 aromatic rings. The van der Waals surface area contributed by atoms with Crippen molar-refractivity contribution < 1.29 is 90.5 Å². The Morgan fingerprint density at radius 3 is 1.67 bits per heavy atom. The van der Waals surface area contributed by atoms with Crippen molar-refractivity contribution in [2.24, 2.45) is 47.3 Å². The van der Waals surface area contributed by atoms with Gasteiger partial charge >= 0.3 is 5.97 Å². The van der Waals surface area contributed by atoms with Crippen LogP contribution in [0.1, 0.15) is 151 Å². The van der Waals surface area contributed by atoms with Crippen molar-refractivity contribution in [3.8, 4) is 0 Å². The number of ether oxygens (including phenoxy) is 10. The molecule has 27 heteroatoms. The van der Waals surface area contributed by atoms with Crippen LogP contribution in [0.2, 0.25) is 0 Å². The summed E-state index contributed by atoms with van der Waals surface area (Å²) < 4.78 is 54.9. The number of nitrogens with zero attached hydrogens (tertiary/aromatic N) is 2. The number of nitrogens with one attached hydrogen (secondary N) is 6. The molecule has 3 unspecified atom stereocenters. The molecule has 0 aromatic heterocycles. The third-order valence-corrected chi connectivity index (χ3v) is 19.5. The molecule has 3 rings (SSSR count). The molecule has 1 aliphatic rings. The second-order valence-corrected chi connectivity index (χ2v) is 28.9. The molecule has 6 N–H and O–H groups in total. The standard InChI is InChI=1S/C81H134N8O19/c1-16-59(9)68(32-33-71(91)89-38-23-27-69(89)74(100-15)61(11)75(92)83-37-34-63-24-19-18-20-25-63)88(13)80(97)73(58(7)8)87-78(95)67(56(3)4)54-60(10)81(98)108-55-64-28-30-66(31-29-64)85-76(93)62(12)84-79(96)72(57(5)6)86-77(94)65(17-2)26-21-22-36-82-70(90)35-39-101-42-43-103-46-47-105-50-51-107-53-52-106-49-48-104-45-44-102-41-40-99-14/h17-20,24-25,28-31,56-62,65,67-69,72-74H,2,16,21-23,26-27,32-55H2,1,3-15H3,(H,82,90)(H,83,92)(H,84,96)(H,85,93)(H,86,94)(H,87,95)/t59-,60?,61+,62?,65-,67-,68+,69-,72?,73-,74+/m0/s1. The molecule has 1 heterocycles. The van der Waals surface area contributed by atoms with Crippen LogP contribution in [0.4, 0.5) is 5.69 Å². The van der Waals surface area contributed by atoms with E-state index in [1.54, 1.807) is 71.2 Å². The minimum absolute atomic E-state index is 0.0271. The number of likely N-dealkylation sites (N-methyl/N-ethyl adjacent to an activating group) is 1. The van der Waals surface area contributed by atoms with Gasteiger partial charge in [0.25, 0.3) is 0 Å². The number of likely N-dealkylation sites (tertiary alicyclic amines) is 1. The topological polar surface area (TPSA) is 325 Å². The van der Waals surface area contributed by atoms with Crippen molar-refractivity contribution in [3.63, 3.8) is 0 Å². The molecular formula is C81H134N8O19. The summed E-state index contributed by atoms with van der Waals surface area (Å²) in [6.45, 7) is 32.2. The highest BCUT2D eigenvalue weighted by atomic mass is 16.6. The van der Waals surface area contributed by atoms with Crippen LogP contribution in [0.5, 0.6) is 0 Å². The van der Waals surface area contributed by atoms with Crippen LogP contribution in [-0.2, 0) is 104 Å². The number of esters is 1. The van der Waals surface area contributed by atoms with Gasteiger partial charge in [0.05, 0.1) is 129 Å². The first kappa shape index (κ1) is 95.3. The van der Waals surface area contributed by atoms with Gasteiger partial charge in [-0.1, -0.05) is 131 Å². The number of amides is 8. The predicted octanol–water partition coefficient (Wildman–Crippen LogP) is 7.65. The summed E-state index contributed by atoms with van der Waals surface area (Å²) >= 11 is 0.